The van der Waals surface area contributed by atoms with E-state index in [4.69, 9.17) is 5.73 Å². The van der Waals surface area contributed by atoms with Crippen molar-refractivity contribution in [3.63, 3.8) is 0 Å². The number of para-hydroxylation sites is 1. The fourth-order valence-corrected chi connectivity index (χ4v) is 1.32. The molecule has 0 atom stereocenters. The van der Waals surface area contributed by atoms with Crippen LogP contribution in [0.15, 0.2) is 65.7 Å². The Labute approximate surface area is 118 Å². The van der Waals surface area contributed by atoms with Gasteiger partial charge in [-0.15, -0.1) is 0 Å². The smallest absolute Gasteiger partial charge is 0.131 e. The van der Waals surface area contributed by atoms with E-state index in [9.17, 15) is 0 Å². The molecule has 0 bridgehead atoms. The molecule has 2 rings (SSSR count). The number of benzene rings is 2. The molecule has 0 aromatic heterocycles. The van der Waals surface area contributed by atoms with Crippen LogP contribution in [0.4, 0.5) is 5.69 Å². The van der Waals surface area contributed by atoms with Gasteiger partial charge in [-0.1, -0.05) is 48.5 Å². The van der Waals surface area contributed by atoms with Crippen LogP contribution < -0.4 is 5.73 Å². The van der Waals surface area contributed by atoms with Gasteiger partial charge in [0.25, 0.3) is 0 Å². The van der Waals surface area contributed by atoms with E-state index >= 15 is 0 Å². The van der Waals surface area contributed by atoms with Gasteiger partial charge in [0, 0.05) is 35.1 Å². The minimum absolute atomic E-state index is 0. The van der Waals surface area contributed by atoms with Gasteiger partial charge in [0.2, 0.25) is 0 Å². The monoisotopic (exact) mass is 219 g/mol. The van der Waals surface area contributed by atoms with Gasteiger partial charge in [0.05, 0.1) is 5.69 Å². The zero-order valence-electron chi connectivity index (χ0n) is 9.30. The molecule has 0 spiro atoms. The van der Waals surface area contributed by atoms with Gasteiger partial charge in [0.15, 0.2) is 0 Å². The van der Waals surface area contributed by atoms with Crippen molar-refractivity contribution in [1.29, 1.82) is 0 Å². The van der Waals surface area contributed by atoms with Crippen LogP contribution in [0.1, 0.15) is 5.56 Å². The topological polar surface area (TPSA) is 38.4 Å². The molecule has 0 saturated carbocycles. The zero-order chi connectivity index (χ0) is 10.5. The van der Waals surface area contributed by atoms with Crippen molar-refractivity contribution in [1.82, 2.24) is 0 Å². The van der Waals surface area contributed by atoms with Gasteiger partial charge < -0.3 is 5.73 Å². The van der Waals surface area contributed by atoms with Crippen molar-refractivity contribution in [3.8, 4) is 0 Å². The predicted octanol–water partition coefficient (Wildman–Crippen LogP) is 2.34. The molecule has 0 fully saturated rings. The van der Waals surface area contributed by atoms with Crippen LogP contribution in [0, 0.1) is 0 Å². The van der Waals surface area contributed by atoms with Gasteiger partial charge in [-0.3, -0.25) is 0 Å². The molecule has 2 aromatic carbocycles. The molecule has 0 aliphatic heterocycles. The van der Waals surface area contributed by atoms with Gasteiger partial charge in [0.1, 0.15) is 5.84 Å². The summed E-state index contributed by atoms with van der Waals surface area (Å²) in [5.74, 6) is 0.543. The SMILES string of the molecule is NC(=Nc1ccccc1)c1ccccc1.[Na]. The summed E-state index contributed by atoms with van der Waals surface area (Å²) in [4.78, 5) is 4.32. The Kier molecular flexibility index (Phi) is 5.26. The zero-order valence-corrected chi connectivity index (χ0v) is 11.3. The minimum Gasteiger partial charge on any atom is -0.383 e. The van der Waals surface area contributed by atoms with E-state index in [-0.39, 0.29) is 29.6 Å². The summed E-state index contributed by atoms with van der Waals surface area (Å²) < 4.78 is 0. The summed E-state index contributed by atoms with van der Waals surface area (Å²) >= 11 is 0. The third-order valence-corrected chi connectivity index (χ3v) is 2.08. The summed E-state index contributed by atoms with van der Waals surface area (Å²) in [6.07, 6.45) is 0. The Morgan fingerprint density at radius 1 is 0.812 bits per heavy atom. The van der Waals surface area contributed by atoms with Crippen LogP contribution in [-0.4, -0.2) is 35.4 Å². The predicted molar refractivity (Wildman–Crippen MR) is 69.0 cm³/mol. The van der Waals surface area contributed by atoms with E-state index in [1.165, 1.54) is 0 Å². The first-order chi connectivity index (χ1) is 7.36. The standard InChI is InChI=1S/C13H12N2.Na/c14-13(11-7-3-1-4-8-11)15-12-9-5-2-6-10-12;/h1-10H,(H2,14,15);. The van der Waals surface area contributed by atoms with Crippen LogP contribution in [0.2, 0.25) is 0 Å². The second-order valence-corrected chi connectivity index (χ2v) is 3.20. The van der Waals surface area contributed by atoms with E-state index in [0.29, 0.717) is 5.84 Å². The second kappa shape index (κ2) is 6.48. The van der Waals surface area contributed by atoms with E-state index in [1.54, 1.807) is 0 Å². The number of hydrogen-bond acceptors (Lipinski definition) is 1. The van der Waals surface area contributed by atoms with Crippen molar-refractivity contribution >= 4 is 41.1 Å². The average Bonchev–Trinajstić information content (AvgIpc) is 2.31. The van der Waals surface area contributed by atoms with Crippen LogP contribution in [0.25, 0.3) is 0 Å². The average molecular weight is 219 g/mol. The fourth-order valence-electron chi connectivity index (χ4n) is 1.32. The first-order valence-corrected chi connectivity index (χ1v) is 4.81. The first kappa shape index (κ1) is 13.0. The summed E-state index contributed by atoms with van der Waals surface area (Å²) in [7, 11) is 0. The molecule has 75 valence electrons. The normalized spacial score (nSPS) is 10.6. The summed E-state index contributed by atoms with van der Waals surface area (Å²) in [6.45, 7) is 0. The number of hydrogen-bond donors (Lipinski definition) is 1. The van der Waals surface area contributed by atoms with E-state index in [1.807, 2.05) is 60.7 Å². The van der Waals surface area contributed by atoms with Crippen molar-refractivity contribution in [2.24, 2.45) is 10.7 Å². The minimum atomic E-state index is 0. The number of nitrogens with zero attached hydrogens (tertiary/aromatic N) is 1. The maximum atomic E-state index is 5.88. The number of amidine groups is 1. The summed E-state index contributed by atoms with van der Waals surface area (Å²) in [5, 5.41) is 0. The summed E-state index contributed by atoms with van der Waals surface area (Å²) in [5.41, 5.74) is 7.70. The molecule has 0 saturated heterocycles. The van der Waals surface area contributed by atoms with Gasteiger partial charge in [-0.05, 0) is 12.1 Å². The Balaban J connectivity index is 0.00000128. The molecular formula is C13H12N2Na. The molecule has 1 radical (unpaired) electrons. The molecule has 16 heavy (non-hydrogen) atoms. The molecule has 3 heteroatoms. The van der Waals surface area contributed by atoms with Gasteiger partial charge >= 0.3 is 0 Å². The third-order valence-electron chi connectivity index (χ3n) is 2.08. The third kappa shape index (κ3) is 3.49. The fraction of sp³-hybridized carbons (Fsp3) is 0. The van der Waals surface area contributed by atoms with Crippen LogP contribution in [0.3, 0.4) is 0 Å². The maximum absolute atomic E-state index is 5.88. The van der Waals surface area contributed by atoms with Gasteiger partial charge in [-0.2, -0.15) is 0 Å². The molecule has 0 heterocycles. The van der Waals surface area contributed by atoms with Crippen molar-refractivity contribution in [3.05, 3.63) is 66.2 Å². The summed E-state index contributed by atoms with van der Waals surface area (Å²) in [6, 6.07) is 19.4. The van der Waals surface area contributed by atoms with Gasteiger partial charge in [-0.25, -0.2) is 4.99 Å². The first-order valence-electron chi connectivity index (χ1n) is 4.81. The number of nitrogens with two attached hydrogens (primary N) is 1. The molecule has 2 nitrogen and oxygen atoms in total. The molecule has 0 aliphatic rings. The van der Waals surface area contributed by atoms with Crippen molar-refractivity contribution in [2.75, 3.05) is 0 Å². The van der Waals surface area contributed by atoms with E-state index in [0.717, 1.165) is 11.3 Å². The molecule has 0 amide bonds. The second-order valence-electron chi connectivity index (χ2n) is 3.20. The van der Waals surface area contributed by atoms with E-state index in [2.05, 4.69) is 4.99 Å². The van der Waals surface area contributed by atoms with Crippen LogP contribution in [0.5, 0.6) is 0 Å². The van der Waals surface area contributed by atoms with Crippen LogP contribution in [-0.2, 0) is 0 Å². The molecule has 0 unspecified atom stereocenters. The Morgan fingerprint density at radius 2 is 1.31 bits per heavy atom. The Bertz CT molecular complexity index is 452. The van der Waals surface area contributed by atoms with Crippen molar-refractivity contribution < 1.29 is 0 Å². The van der Waals surface area contributed by atoms with Crippen LogP contribution >= 0.6 is 0 Å². The van der Waals surface area contributed by atoms with E-state index < -0.39 is 0 Å². The molecular weight excluding hydrogens is 207 g/mol. The largest absolute Gasteiger partial charge is 0.383 e. The number of rotatable bonds is 2. The Hall–Kier alpha value is -1.09. The number of aliphatic imine (C=N–C) groups is 1. The Morgan fingerprint density at radius 3 is 1.88 bits per heavy atom. The molecule has 2 N–H and O–H groups in total. The quantitative estimate of drug-likeness (QED) is 0.470. The molecule has 0 aliphatic carbocycles. The maximum Gasteiger partial charge on any atom is 0.131 e. The van der Waals surface area contributed by atoms with Crippen molar-refractivity contribution in [2.45, 2.75) is 0 Å². The molecule has 2 aromatic rings.